The molecule has 1 aromatic carbocycles. The quantitative estimate of drug-likeness (QED) is 0.724. The van der Waals surface area contributed by atoms with Crippen LogP contribution in [0.4, 0.5) is 0 Å². The number of H-pyrrole nitrogens is 1. The molecule has 0 aliphatic carbocycles. The molecule has 2 heterocycles. The van der Waals surface area contributed by atoms with Gasteiger partial charge in [0.25, 0.3) is 0 Å². The third-order valence-corrected chi connectivity index (χ3v) is 3.34. The summed E-state index contributed by atoms with van der Waals surface area (Å²) in [5.74, 6) is 0.873. The number of aromatic amines is 1. The van der Waals surface area contributed by atoms with Gasteiger partial charge in [0, 0.05) is 28.7 Å². The van der Waals surface area contributed by atoms with Gasteiger partial charge in [-0.3, -0.25) is 0 Å². The van der Waals surface area contributed by atoms with Crippen molar-refractivity contribution < 1.29 is 9.30 Å². The number of hydrogen-bond acceptors (Lipinski definition) is 1. The van der Waals surface area contributed by atoms with Crippen LogP contribution in [-0.4, -0.2) is 12.1 Å². The van der Waals surface area contributed by atoms with Crippen molar-refractivity contribution in [3.8, 4) is 5.75 Å². The fourth-order valence-electron chi connectivity index (χ4n) is 2.28. The molecule has 3 aromatic rings. The lowest BCUT2D eigenvalue weighted by atomic mass is 10.1. The van der Waals surface area contributed by atoms with Gasteiger partial charge in [0.15, 0.2) is 12.4 Å². The summed E-state index contributed by atoms with van der Waals surface area (Å²) >= 11 is 0. The van der Waals surface area contributed by atoms with E-state index in [0.29, 0.717) is 0 Å². The molecule has 3 heteroatoms. The number of hydrogen-bond donors (Lipinski definition) is 1. The third kappa shape index (κ3) is 2.43. The summed E-state index contributed by atoms with van der Waals surface area (Å²) in [6.45, 7) is 0. The van der Waals surface area contributed by atoms with Crippen LogP contribution in [0, 0.1) is 0 Å². The van der Waals surface area contributed by atoms with Crippen LogP contribution in [0.15, 0.2) is 48.9 Å². The van der Waals surface area contributed by atoms with Gasteiger partial charge in [0.1, 0.15) is 12.8 Å². The Balaban J connectivity index is 1.98. The van der Waals surface area contributed by atoms with Crippen LogP contribution in [0.5, 0.6) is 5.75 Å². The molecule has 0 aliphatic rings. The second kappa shape index (κ2) is 5.21. The van der Waals surface area contributed by atoms with Gasteiger partial charge in [-0.05, 0) is 35.9 Å². The van der Waals surface area contributed by atoms with Crippen LogP contribution in [0.3, 0.4) is 0 Å². The summed E-state index contributed by atoms with van der Waals surface area (Å²) in [7, 11) is 3.71. The molecule has 0 saturated carbocycles. The molecule has 0 spiro atoms. The molecular formula is C17H17N2O+. The Morgan fingerprint density at radius 3 is 2.90 bits per heavy atom. The van der Waals surface area contributed by atoms with Gasteiger partial charge in [0.2, 0.25) is 0 Å². The Hall–Kier alpha value is -2.55. The Labute approximate surface area is 118 Å². The Morgan fingerprint density at radius 1 is 1.20 bits per heavy atom. The molecule has 0 radical (unpaired) electrons. The highest BCUT2D eigenvalue weighted by Gasteiger charge is 2.02. The molecule has 0 aliphatic heterocycles. The highest BCUT2D eigenvalue weighted by molar-refractivity contribution is 5.92. The van der Waals surface area contributed by atoms with Crippen molar-refractivity contribution in [3.63, 3.8) is 0 Å². The van der Waals surface area contributed by atoms with Crippen molar-refractivity contribution in [2.75, 3.05) is 7.11 Å². The number of nitrogens with zero attached hydrogens (tertiary/aromatic N) is 1. The Morgan fingerprint density at radius 2 is 2.10 bits per heavy atom. The lowest BCUT2D eigenvalue weighted by Gasteiger charge is -1.99. The first kappa shape index (κ1) is 12.5. The molecule has 0 amide bonds. The molecule has 0 saturated heterocycles. The van der Waals surface area contributed by atoms with Gasteiger partial charge < -0.3 is 9.72 Å². The second-order valence-electron chi connectivity index (χ2n) is 4.79. The van der Waals surface area contributed by atoms with Gasteiger partial charge >= 0.3 is 0 Å². The molecule has 0 unspecified atom stereocenters. The zero-order valence-electron chi connectivity index (χ0n) is 11.6. The van der Waals surface area contributed by atoms with E-state index in [0.717, 1.165) is 16.8 Å². The first-order valence-corrected chi connectivity index (χ1v) is 6.55. The van der Waals surface area contributed by atoms with Gasteiger partial charge in [-0.2, -0.15) is 0 Å². The van der Waals surface area contributed by atoms with E-state index in [1.807, 2.05) is 42.2 Å². The summed E-state index contributed by atoms with van der Waals surface area (Å²) < 4.78 is 7.32. The Bertz CT molecular complexity index is 772. The van der Waals surface area contributed by atoms with Gasteiger partial charge in [0.05, 0.1) is 7.11 Å². The molecule has 100 valence electrons. The molecule has 3 rings (SSSR count). The average molecular weight is 265 g/mol. The maximum absolute atomic E-state index is 5.28. The molecule has 20 heavy (non-hydrogen) atoms. The van der Waals surface area contributed by atoms with E-state index >= 15 is 0 Å². The van der Waals surface area contributed by atoms with Crippen LogP contribution in [-0.2, 0) is 7.05 Å². The van der Waals surface area contributed by atoms with E-state index in [4.69, 9.17) is 4.74 Å². The van der Waals surface area contributed by atoms with E-state index in [1.165, 1.54) is 10.9 Å². The fraction of sp³-hybridized carbons (Fsp3) is 0.118. The summed E-state index contributed by atoms with van der Waals surface area (Å²) in [4.78, 5) is 3.28. The monoisotopic (exact) mass is 265 g/mol. The first-order valence-electron chi connectivity index (χ1n) is 6.55. The van der Waals surface area contributed by atoms with Crippen LogP contribution in [0.1, 0.15) is 11.1 Å². The van der Waals surface area contributed by atoms with Crippen molar-refractivity contribution in [3.05, 3.63) is 60.0 Å². The molecule has 2 aromatic heterocycles. The van der Waals surface area contributed by atoms with E-state index in [9.17, 15) is 0 Å². The van der Waals surface area contributed by atoms with E-state index in [-0.39, 0.29) is 0 Å². The third-order valence-electron chi connectivity index (χ3n) is 3.34. The number of aromatic nitrogens is 2. The summed E-state index contributed by atoms with van der Waals surface area (Å²) in [5, 5.41) is 1.17. The number of benzene rings is 1. The zero-order chi connectivity index (χ0) is 13.9. The van der Waals surface area contributed by atoms with Crippen LogP contribution in [0.25, 0.3) is 23.1 Å². The predicted octanol–water partition coefficient (Wildman–Crippen LogP) is 3.17. The number of rotatable bonds is 3. The van der Waals surface area contributed by atoms with Crippen LogP contribution in [0.2, 0.25) is 0 Å². The van der Waals surface area contributed by atoms with Crippen molar-refractivity contribution in [1.82, 2.24) is 4.98 Å². The van der Waals surface area contributed by atoms with E-state index in [1.54, 1.807) is 7.11 Å². The van der Waals surface area contributed by atoms with Crippen molar-refractivity contribution in [2.45, 2.75) is 0 Å². The maximum atomic E-state index is 5.28. The summed E-state index contributed by atoms with van der Waals surface area (Å²) in [5.41, 5.74) is 3.45. The second-order valence-corrected chi connectivity index (χ2v) is 4.79. The zero-order valence-corrected chi connectivity index (χ0v) is 11.6. The first-order chi connectivity index (χ1) is 9.76. The highest BCUT2D eigenvalue weighted by Crippen LogP contribution is 2.24. The highest BCUT2D eigenvalue weighted by atomic mass is 16.5. The van der Waals surface area contributed by atoms with Crippen LogP contribution >= 0.6 is 0 Å². The molecule has 0 bridgehead atoms. The van der Waals surface area contributed by atoms with Gasteiger partial charge in [-0.1, -0.05) is 6.08 Å². The fourth-order valence-corrected chi connectivity index (χ4v) is 2.28. The maximum Gasteiger partial charge on any atom is 0.175 e. The lowest BCUT2D eigenvalue weighted by molar-refractivity contribution is -0.671. The minimum atomic E-state index is 0.873. The summed E-state index contributed by atoms with van der Waals surface area (Å²) in [6, 6.07) is 10.2. The molecule has 0 fully saturated rings. The number of nitrogens with one attached hydrogen (secondary N) is 1. The van der Waals surface area contributed by atoms with Crippen molar-refractivity contribution >= 4 is 23.1 Å². The van der Waals surface area contributed by atoms with Crippen LogP contribution < -0.4 is 9.30 Å². The standard InChI is InChI=1S/C17H17N2O/c1-19-9-3-4-13(12-19)5-6-14-11-18-17-8-7-15(20-2)10-16(14)17/h3-12,18H,1-2H3/q+1/b6-5+. The smallest absolute Gasteiger partial charge is 0.175 e. The van der Waals surface area contributed by atoms with Gasteiger partial charge in [-0.25, -0.2) is 4.57 Å². The number of fused-ring (bicyclic) bond motifs is 1. The van der Waals surface area contributed by atoms with Gasteiger partial charge in [-0.15, -0.1) is 0 Å². The number of ether oxygens (including phenoxy) is 1. The number of methoxy groups -OCH3 is 1. The minimum Gasteiger partial charge on any atom is -0.497 e. The lowest BCUT2D eigenvalue weighted by Crippen LogP contribution is -2.26. The molecule has 0 atom stereocenters. The minimum absolute atomic E-state index is 0.873. The largest absolute Gasteiger partial charge is 0.497 e. The van der Waals surface area contributed by atoms with Crippen molar-refractivity contribution in [2.24, 2.45) is 7.05 Å². The summed E-state index contributed by atoms with van der Waals surface area (Å²) in [6.07, 6.45) is 10.4. The normalized spacial score (nSPS) is 11.3. The molecular weight excluding hydrogens is 248 g/mol. The molecule has 1 N–H and O–H groups in total. The SMILES string of the molecule is COc1ccc2[nH]cc(/C=C/c3ccc[n+](C)c3)c2c1. The van der Waals surface area contributed by atoms with Crippen molar-refractivity contribution in [1.29, 1.82) is 0 Å². The average Bonchev–Trinajstić information content (AvgIpc) is 2.87. The molecule has 3 nitrogen and oxygen atoms in total. The van der Waals surface area contributed by atoms with E-state index < -0.39 is 0 Å². The van der Waals surface area contributed by atoms with E-state index in [2.05, 4.69) is 35.5 Å². The number of pyridine rings is 1. The topological polar surface area (TPSA) is 28.9 Å². The Kier molecular flexibility index (Phi) is 3.25. The predicted molar refractivity (Wildman–Crippen MR) is 81.4 cm³/mol. The number of aryl methyl sites for hydroxylation is 1.